The Bertz CT molecular complexity index is 1040. The zero-order chi connectivity index (χ0) is 21.0. The molecule has 0 saturated heterocycles. The number of aromatic nitrogens is 2. The van der Waals surface area contributed by atoms with Gasteiger partial charge in [0.15, 0.2) is 0 Å². The van der Waals surface area contributed by atoms with Crippen LogP contribution >= 0.6 is 15.9 Å². The number of nitrogens with one attached hydrogen (secondary N) is 1. The Hall–Kier alpha value is -2.87. The van der Waals surface area contributed by atoms with E-state index in [2.05, 4.69) is 31.2 Å². The van der Waals surface area contributed by atoms with Crippen molar-refractivity contribution < 1.29 is 18.7 Å². The molecule has 0 aliphatic heterocycles. The van der Waals surface area contributed by atoms with E-state index in [0.29, 0.717) is 28.0 Å². The minimum absolute atomic E-state index is 0.00632. The second-order valence-electron chi connectivity index (χ2n) is 6.34. The van der Waals surface area contributed by atoms with Crippen LogP contribution in [-0.2, 0) is 12.8 Å². The monoisotopic (exact) mass is 461 g/mol. The fraction of sp³-hybridized carbons (Fsp3) is 0.190. The fourth-order valence-corrected chi connectivity index (χ4v) is 3.39. The fourth-order valence-electron chi connectivity index (χ4n) is 2.99. The normalized spacial score (nSPS) is 10.8. The summed E-state index contributed by atoms with van der Waals surface area (Å²) in [6.07, 6.45) is 2.11. The van der Waals surface area contributed by atoms with Crippen LogP contribution in [0, 0.1) is 11.6 Å². The van der Waals surface area contributed by atoms with Gasteiger partial charge in [0.05, 0.1) is 11.3 Å². The highest BCUT2D eigenvalue weighted by molar-refractivity contribution is 9.10. The lowest BCUT2D eigenvalue weighted by molar-refractivity contribution is 0.0695. The predicted molar refractivity (Wildman–Crippen MR) is 110 cm³/mol. The van der Waals surface area contributed by atoms with Gasteiger partial charge in [0.25, 0.3) is 0 Å². The first-order valence-electron chi connectivity index (χ1n) is 8.95. The topological polar surface area (TPSA) is 75.1 Å². The summed E-state index contributed by atoms with van der Waals surface area (Å²) in [7, 11) is 0. The van der Waals surface area contributed by atoms with Gasteiger partial charge in [-0.15, -0.1) is 0 Å². The van der Waals surface area contributed by atoms with Crippen LogP contribution in [0.2, 0.25) is 0 Å². The number of aryl methyl sites for hydroxylation is 1. The van der Waals surface area contributed by atoms with Gasteiger partial charge in [0.1, 0.15) is 23.8 Å². The Labute approximate surface area is 175 Å². The zero-order valence-electron chi connectivity index (χ0n) is 15.5. The minimum atomic E-state index is -0.967. The highest BCUT2D eigenvalue weighted by atomic mass is 79.9. The van der Waals surface area contributed by atoms with E-state index in [1.165, 1.54) is 18.5 Å². The van der Waals surface area contributed by atoms with Crippen molar-refractivity contribution in [1.29, 1.82) is 0 Å². The van der Waals surface area contributed by atoms with Crippen LogP contribution in [0.3, 0.4) is 0 Å². The number of halogens is 3. The van der Waals surface area contributed by atoms with Crippen LogP contribution in [0.1, 0.15) is 28.4 Å². The summed E-state index contributed by atoms with van der Waals surface area (Å²) in [6.45, 7) is 2.17. The number of rotatable bonds is 7. The number of hydrogen-bond donors (Lipinski definition) is 2. The van der Waals surface area contributed by atoms with Crippen LogP contribution < -0.4 is 5.32 Å². The maximum atomic E-state index is 13.9. The van der Waals surface area contributed by atoms with E-state index in [1.807, 2.05) is 6.92 Å². The van der Waals surface area contributed by atoms with Gasteiger partial charge < -0.3 is 10.4 Å². The molecule has 5 nitrogen and oxygen atoms in total. The van der Waals surface area contributed by atoms with Crippen LogP contribution in [0.25, 0.3) is 11.3 Å². The molecule has 0 amide bonds. The lowest BCUT2D eigenvalue weighted by atomic mass is 10.0. The first-order valence-corrected chi connectivity index (χ1v) is 9.74. The molecule has 0 fully saturated rings. The largest absolute Gasteiger partial charge is 0.478 e. The van der Waals surface area contributed by atoms with Gasteiger partial charge in [-0.3, -0.25) is 0 Å². The summed E-state index contributed by atoms with van der Waals surface area (Å²) < 4.78 is 28.2. The van der Waals surface area contributed by atoms with Crippen molar-refractivity contribution in [2.45, 2.75) is 19.8 Å². The number of carboxylic acids is 1. The first-order chi connectivity index (χ1) is 13.9. The maximum Gasteiger partial charge on any atom is 0.335 e. The lowest BCUT2D eigenvalue weighted by Crippen LogP contribution is -2.09. The van der Waals surface area contributed by atoms with E-state index in [1.54, 1.807) is 24.3 Å². The molecule has 0 aliphatic rings. The molecule has 150 valence electrons. The molecule has 0 radical (unpaired) electrons. The summed E-state index contributed by atoms with van der Waals surface area (Å²) >= 11 is 3.06. The first kappa shape index (κ1) is 20.9. The Morgan fingerprint density at radius 1 is 1.14 bits per heavy atom. The Kier molecular flexibility index (Phi) is 6.53. The molecule has 0 unspecified atom stereocenters. The number of aromatic carboxylic acids is 1. The highest BCUT2D eigenvalue weighted by Gasteiger charge is 2.12. The minimum Gasteiger partial charge on any atom is -0.478 e. The average molecular weight is 462 g/mol. The third kappa shape index (κ3) is 4.95. The summed E-state index contributed by atoms with van der Waals surface area (Å²) in [5.74, 6) is -1.67. The second kappa shape index (κ2) is 9.09. The van der Waals surface area contributed by atoms with Crippen molar-refractivity contribution >= 4 is 27.7 Å². The van der Waals surface area contributed by atoms with E-state index in [-0.39, 0.29) is 24.1 Å². The van der Waals surface area contributed by atoms with Crippen LogP contribution in [0.5, 0.6) is 0 Å². The molecule has 2 N–H and O–H groups in total. The molecule has 0 spiro atoms. The Morgan fingerprint density at radius 2 is 1.86 bits per heavy atom. The molecular weight excluding hydrogens is 444 g/mol. The van der Waals surface area contributed by atoms with Gasteiger partial charge in [-0.25, -0.2) is 23.5 Å². The number of carbonyl (C=O) groups is 1. The zero-order valence-corrected chi connectivity index (χ0v) is 17.1. The maximum absolute atomic E-state index is 13.9. The highest BCUT2D eigenvalue weighted by Crippen LogP contribution is 2.23. The molecule has 1 heterocycles. The molecular formula is C21H18BrF2N3O2. The molecule has 2 aromatic carbocycles. The summed E-state index contributed by atoms with van der Waals surface area (Å²) in [4.78, 5) is 19.7. The van der Waals surface area contributed by atoms with Crippen LogP contribution in [0.15, 0.2) is 47.2 Å². The standard InChI is InChI=1S/C21H18BrF2N3O2/c1-2-12-7-13(3-4-15(12)21(28)29)19-10-20(27-11-26-19)25-6-5-16-17(23)8-14(22)9-18(16)24/h3-4,7-11H,2,5-6H2,1H3,(H,28,29)(H,25,26,27). The summed E-state index contributed by atoms with van der Waals surface area (Å²) in [6, 6.07) is 9.22. The quantitative estimate of drug-likeness (QED) is 0.511. The van der Waals surface area contributed by atoms with E-state index >= 15 is 0 Å². The van der Waals surface area contributed by atoms with Gasteiger partial charge in [0.2, 0.25) is 0 Å². The van der Waals surface area contributed by atoms with Crippen molar-refractivity contribution in [2.24, 2.45) is 0 Å². The van der Waals surface area contributed by atoms with Crippen molar-refractivity contribution in [3.05, 3.63) is 75.5 Å². The second-order valence-corrected chi connectivity index (χ2v) is 7.26. The third-order valence-corrected chi connectivity index (χ3v) is 4.92. The average Bonchev–Trinajstić information content (AvgIpc) is 2.69. The number of benzene rings is 2. The third-order valence-electron chi connectivity index (χ3n) is 4.47. The van der Waals surface area contributed by atoms with Gasteiger partial charge >= 0.3 is 5.97 Å². The van der Waals surface area contributed by atoms with Crippen molar-refractivity contribution in [3.8, 4) is 11.3 Å². The molecule has 0 atom stereocenters. The van der Waals surface area contributed by atoms with E-state index < -0.39 is 17.6 Å². The van der Waals surface area contributed by atoms with E-state index in [9.17, 15) is 18.7 Å². The molecule has 3 rings (SSSR count). The molecule has 0 saturated carbocycles. The van der Waals surface area contributed by atoms with Crippen molar-refractivity contribution in [2.75, 3.05) is 11.9 Å². The van der Waals surface area contributed by atoms with Gasteiger partial charge in [-0.05, 0) is 42.7 Å². The SMILES string of the molecule is CCc1cc(-c2cc(NCCc3c(F)cc(Br)cc3F)ncn2)ccc1C(=O)O. The number of hydrogen-bond acceptors (Lipinski definition) is 4. The van der Waals surface area contributed by atoms with Crippen molar-refractivity contribution in [1.82, 2.24) is 9.97 Å². The molecule has 29 heavy (non-hydrogen) atoms. The van der Waals surface area contributed by atoms with Gasteiger partial charge in [0, 0.05) is 28.2 Å². The molecule has 8 heteroatoms. The Morgan fingerprint density at radius 3 is 2.52 bits per heavy atom. The van der Waals surface area contributed by atoms with E-state index in [0.717, 1.165) is 5.56 Å². The molecule has 1 aromatic heterocycles. The van der Waals surface area contributed by atoms with Crippen LogP contribution in [0.4, 0.5) is 14.6 Å². The molecule has 0 aliphatic carbocycles. The van der Waals surface area contributed by atoms with Gasteiger partial charge in [-0.1, -0.05) is 28.9 Å². The number of carboxylic acid groups (broad SMARTS) is 1. The molecule has 0 bridgehead atoms. The number of nitrogens with zero attached hydrogens (tertiary/aromatic N) is 2. The number of anilines is 1. The van der Waals surface area contributed by atoms with Crippen molar-refractivity contribution in [3.63, 3.8) is 0 Å². The van der Waals surface area contributed by atoms with E-state index in [4.69, 9.17) is 0 Å². The van der Waals surface area contributed by atoms with Gasteiger partial charge in [-0.2, -0.15) is 0 Å². The van der Waals surface area contributed by atoms with Crippen LogP contribution in [-0.4, -0.2) is 27.6 Å². The molecule has 3 aromatic rings. The summed E-state index contributed by atoms with van der Waals surface area (Å²) in [5, 5.41) is 12.3. The Balaban J connectivity index is 1.74. The summed E-state index contributed by atoms with van der Waals surface area (Å²) in [5.41, 5.74) is 2.37. The smallest absolute Gasteiger partial charge is 0.335 e. The lowest BCUT2D eigenvalue weighted by Gasteiger charge is -2.10. The predicted octanol–water partition coefficient (Wildman–Crippen LogP) is 5.10.